The van der Waals surface area contributed by atoms with E-state index >= 15 is 0 Å². The SMILES string of the molecule is CCOc1c(N)nsc1NCCCc1ncn[nH]1. The standard InChI is InChI=1S/C10H16N6OS/c1-2-17-8-9(11)16-18-10(8)12-5-3-4-7-13-6-14-15-7/h6,12H,2-5H2,1H3,(H2,11,16)(H,13,14,15). The molecule has 0 fully saturated rings. The fourth-order valence-corrected chi connectivity index (χ4v) is 2.19. The lowest BCUT2D eigenvalue weighted by atomic mass is 10.3. The third-order valence-electron chi connectivity index (χ3n) is 2.30. The van der Waals surface area contributed by atoms with E-state index in [2.05, 4.69) is 24.9 Å². The van der Waals surface area contributed by atoms with Crippen LogP contribution in [-0.2, 0) is 6.42 Å². The third-order valence-corrected chi connectivity index (χ3v) is 3.10. The van der Waals surface area contributed by atoms with Gasteiger partial charge in [-0.15, -0.1) is 0 Å². The molecule has 0 atom stereocenters. The highest BCUT2D eigenvalue weighted by molar-refractivity contribution is 7.11. The van der Waals surface area contributed by atoms with Crippen molar-refractivity contribution in [2.45, 2.75) is 19.8 Å². The van der Waals surface area contributed by atoms with Crippen molar-refractivity contribution >= 4 is 22.4 Å². The molecule has 0 radical (unpaired) electrons. The Labute approximate surface area is 109 Å². The molecule has 0 aliphatic rings. The molecule has 0 saturated carbocycles. The number of hydrogen-bond acceptors (Lipinski definition) is 7. The van der Waals surface area contributed by atoms with E-state index in [0.717, 1.165) is 30.2 Å². The zero-order valence-electron chi connectivity index (χ0n) is 10.1. The van der Waals surface area contributed by atoms with Gasteiger partial charge in [-0.25, -0.2) is 4.98 Å². The Morgan fingerprint density at radius 2 is 2.44 bits per heavy atom. The Bertz CT molecular complexity index is 469. The van der Waals surface area contributed by atoms with Crippen LogP contribution in [0.4, 0.5) is 10.8 Å². The van der Waals surface area contributed by atoms with Crippen LogP contribution in [0.3, 0.4) is 0 Å². The van der Waals surface area contributed by atoms with Gasteiger partial charge in [0, 0.05) is 13.0 Å². The van der Waals surface area contributed by atoms with Crippen molar-refractivity contribution in [3.8, 4) is 5.75 Å². The number of nitrogens with two attached hydrogens (primary N) is 1. The average Bonchev–Trinajstić information content (AvgIpc) is 2.98. The number of aromatic nitrogens is 4. The van der Waals surface area contributed by atoms with E-state index in [4.69, 9.17) is 10.5 Å². The summed E-state index contributed by atoms with van der Waals surface area (Å²) in [5.41, 5.74) is 5.72. The fourth-order valence-electron chi connectivity index (χ4n) is 1.50. The molecular formula is C10H16N6OS. The Morgan fingerprint density at radius 1 is 1.56 bits per heavy atom. The average molecular weight is 268 g/mol. The molecule has 4 N–H and O–H groups in total. The second kappa shape index (κ2) is 6.20. The van der Waals surface area contributed by atoms with E-state index in [1.54, 1.807) is 0 Å². The molecule has 0 unspecified atom stereocenters. The van der Waals surface area contributed by atoms with Crippen LogP contribution in [-0.4, -0.2) is 32.7 Å². The summed E-state index contributed by atoms with van der Waals surface area (Å²) in [4.78, 5) is 4.06. The highest BCUT2D eigenvalue weighted by atomic mass is 32.1. The van der Waals surface area contributed by atoms with Crippen LogP contribution in [0.15, 0.2) is 6.33 Å². The minimum Gasteiger partial charge on any atom is -0.487 e. The minimum atomic E-state index is 0.444. The second-order valence-corrected chi connectivity index (χ2v) is 4.39. The minimum absolute atomic E-state index is 0.444. The van der Waals surface area contributed by atoms with Crippen molar-refractivity contribution in [1.29, 1.82) is 0 Å². The van der Waals surface area contributed by atoms with Gasteiger partial charge in [0.25, 0.3) is 0 Å². The van der Waals surface area contributed by atoms with Crippen LogP contribution in [0.1, 0.15) is 19.2 Å². The quantitative estimate of drug-likeness (QED) is 0.654. The van der Waals surface area contributed by atoms with Gasteiger partial charge in [-0.05, 0) is 24.9 Å². The molecule has 0 saturated heterocycles. The molecule has 0 spiro atoms. The van der Waals surface area contributed by atoms with Gasteiger partial charge in [0.05, 0.1) is 6.61 Å². The largest absolute Gasteiger partial charge is 0.487 e. The van der Waals surface area contributed by atoms with E-state index in [1.165, 1.54) is 17.9 Å². The van der Waals surface area contributed by atoms with Crippen molar-refractivity contribution in [2.75, 3.05) is 24.2 Å². The molecule has 2 rings (SSSR count). The molecule has 2 aromatic rings. The molecule has 0 aliphatic heterocycles. The summed E-state index contributed by atoms with van der Waals surface area (Å²) in [6.45, 7) is 3.31. The predicted molar refractivity (Wildman–Crippen MR) is 70.9 cm³/mol. The van der Waals surface area contributed by atoms with Gasteiger partial charge in [-0.1, -0.05) is 0 Å². The second-order valence-electron chi connectivity index (χ2n) is 3.62. The van der Waals surface area contributed by atoms with Crippen LogP contribution in [0.2, 0.25) is 0 Å². The zero-order chi connectivity index (χ0) is 12.8. The first kappa shape index (κ1) is 12.6. The Balaban J connectivity index is 1.79. The van der Waals surface area contributed by atoms with E-state index in [1.807, 2.05) is 6.92 Å². The van der Waals surface area contributed by atoms with Crippen LogP contribution >= 0.6 is 11.5 Å². The maximum atomic E-state index is 5.72. The first-order valence-electron chi connectivity index (χ1n) is 5.77. The molecule has 2 aromatic heterocycles. The van der Waals surface area contributed by atoms with E-state index in [-0.39, 0.29) is 0 Å². The van der Waals surface area contributed by atoms with E-state index < -0.39 is 0 Å². The van der Waals surface area contributed by atoms with Crippen molar-refractivity contribution in [2.24, 2.45) is 0 Å². The van der Waals surface area contributed by atoms with Gasteiger partial charge < -0.3 is 15.8 Å². The third kappa shape index (κ3) is 3.10. The van der Waals surface area contributed by atoms with Crippen LogP contribution < -0.4 is 15.8 Å². The van der Waals surface area contributed by atoms with Gasteiger partial charge in [-0.2, -0.15) is 9.47 Å². The highest BCUT2D eigenvalue weighted by Crippen LogP contribution is 2.34. The molecule has 0 amide bonds. The summed E-state index contributed by atoms with van der Waals surface area (Å²) in [5.74, 6) is 1.99. The van der Waals surface area contributed by atoms with E-state index in [0.29, 0.717) is 18.2 Å². The number of H-pyrrole nitrogens is 1. The lowest BCUT2D eigenvalue weighted by Gasteiger charge is -2.06. The summed E-state index contributed by atoms with van der Waals surface area (Å²) in [6.07, 6.45) is 3.31. The maximum absolute atomic E-state index is 5.72. The highest BCUT2D eigenvalue weighted by Gasteiger charge is 2.11. The number of ether oxygens (including phenoxy) is 1. The van der Waals surface area contributed by atoms with Crippen molar-refractivity contribution < 1.29 is 4.74 Å². The number of nitrogen functional groups attached to an aromatic ring is 1. The lowest BCUT2D eigenvalue weighted by molar-refractivity contribution is 0.344. The molecule has 0 aromatic carbocycles. The van der Waals surface area contributed by atoms with Gasteiger partial charge in [-0.3, -0.25) is 5.10 Å². The number of nitrogens with one attached hydrogen (secondary N) is 2. The smallest absolute Gasteiger partial charge is 0.197 e. The first-order chi connectivity index (χ1) is 8.81. The molecule has 98 valence electrons. The van der Waals surface area contributed by atoms with Crippen molar-refractivity contribution in [3.05, 3.63) is 12.2 Å². The molecule has 7 nitrogen and oxygen atoms in total. The van der Waals surface area contributed by atoms with Gasteiger partial charge in [0.1, 0.15) is 12.2 Å². The molecule has 0 bridgehead atoms. The first-order valence-corrected chi connectivity index (χ1v) is 6.54. The van der Waals surface area contributed by atoms with Gasteiger partial charge in [0.15, 0.2) is 16.6 Å². The van der Waals surface area contributed by atoms with E-state index in [9.17, 15) is 0 Å². The Hall–Kier alpha value is -1.83. The molecular weight excluding hydrogens is 252 g/mol. The normalized spacial score (nSPS) is 10.5. The monoisotopic (exact) mass is 268 g/mol. The molecule has 8 heteroatoms. The lowest BCUT2D eigenvalue weighted by Crippen LogP contribution is -2.04. The predicted octanol–water partition coefficient (Wildman–Crippen LogP) is 1.29. The summed E-state index contributed by atoms with van der Waals surface area (Å²) >= 11 is 1.32. The molecule has 2 heterocycles. The summed E-state index contributed by atoms with van der Waals surface area (Å²) in [7, 11) is 0. The Morgan fingerprint density at radius 3 is 3.17 bits per heavy atom. The van der Waals surface area contributed by atoms with Crippen LogP contribution in [0.25, 0.3) is 0 Å². The molecule has 0 aliphatic carbocycles. The Kier molecular flexibility index (Phi) is 4.35. The number of nitrogens with zero attached hydrogens (tertiary/aromatic N) is 3. The topological polar surface area (TPSA) is 102 Å². The number of rotatable bonds is 7. The number of aromatic amines is 1. The number of anilines is 2. The maximum Gasteiger partial charge on any atom is 0.197 e. The summed E-state index contributed by atoms with van der Waals surface area (Å²) in [5, 5.41) is 10.8. The number of hydrogen-bond donors (Lipinski definition) is 3. The van der Waals surface area contributed by atoms with Crippen molar-refractivity contribution in [1.82, 2.24) is 19.6 Å². The van der Waals surface area contributed by atoms with Gasteiger partial charge in [0.2, 0.25) is 0 Å². The van der Waals surface area contributed by atoms with Crippen molar-refractivity contribution in [3.63, 3.8) is 0 Å². The zero-order valence-corrected chi connectivity index (χ0v) is 11.0. The summed E-state index contributed by atoms with van der Waals surface area (Å²) in [6, 6.07) is 0. The van der Waals surface area contributed by atoms with Crippen LogP contribution in [0.5, 0.6) is 5.75 Å². The van der Waals surface area contributed by atoms with Crippen LogP contribution in [0, 0.1) is 0 Å². The fraction of sp³-hybridized carbons (Fsp3) is 0.500. The summed E-state index contributed by atoms with van der Waals surface area (Å²) < 4.78 is 9.51. The molecule has 18 heavy (non-hydrogen) atoms. The van der Waals surface area contributed by atoms with Gasteiger partial charge >= 0.3 is 0 Å². The number of aryl methyl sites for hydroxylation is 1.